The summed E-state index contributed by atoms with van der Waals surface area (Å²) >= 11 is 0. The summed E-state index contributed by atoms with van der Waals surface area (Å²) in [7, 11) is -3.25. The molecule has 1 atom stereocenters. The molecule has 156 valence electrons. The van der Waals surface area contributed by atoms with Crippen molar-refractivity contribution in [2.24, 2.45) is 0 Å². The molecule has 1 aromatic heterocycles. The van der Waals surface area contributed by atoms with Crippen LogP contribution < -0.4 is 14.9 Å². The van der Waals surface area contributed by atoms with Gasteiger partial charge in [-0.2, -0.15) is 0 Å². The minimum atomic E-state index is -3.91. The van der Waals surface area contributed by atoms with Crippen LogP contribution in [0.4, 0.5) is 0 Å². The van der Waals surface area contributed by atoms with Gasteiger partial charge in [0.1, 0.15) is 4.90 Å². The van der Waals surface area contributed by atoms with E-state index in [0.29, 0.717) is 5.46 Å². The highest BCUT2D eigenvalue weighted by Gasteiger charge is 2.52. The molecule has 7 nitrogen and oxygen atoms in total. The normalized spacial score (nSPS) is 19.2. The molecule has 0 spiro atoms. The molecule has 0 amide bonds. The lowest BCUT2D eigenvalue weighted by atomic mass is 9.80. The Balaban J connectivity index is 1.93. The number of rotatable bonds is 6. The third-order valence-corrected chi connectivity index (χ3v) is 7.01. The fourth-order valence-electron chi connectivity index (χ4n) is 3.01. The highest BCUT2D eigenvalue weighted by molar-refractivity contribution is 7.89. The Hall–Kier alpha value is -1.94. The molecule has 0 aliphatic carbocycles. The Labute approximate surface area is 173 Å². The van der Waals surface area contributed by atoms with Gasteiger partial charge >= 0.3 is 7.12 Å². The second-order valence-corrected chi connectivity index (χ2v) is 9.80. The van der Waals surface area contributed by atoms with Gasteiger partial charge in [-0.05, 0) is 46.2 Å². The van der Waals surface area contributed by atoms with E-state index in [1.165, 1.54) is 19.4 Å². The second kappa shape index (κ2) is 7.72. The average molecular weight is 418 g/mol. The number of methoxy groups -OCH3 is 1. The highest BCUT2D eigenvalue weighted by Crippen LogP contribution is 2.36. The first kappa shape index (κ1) is 21.8. The van der Waals surface area contributed by atoms with E-state index in [2.05, 4.69) is 9.71 Å². The lowest BCUT2D eigenvalue weighted by Gasteiger charge is -2.32. The maximum Gasteiger partial charge on any atom is 0.496 e. The first-order valence-corrected chi connectivity index (χ1v) is 10.9. The van der Waals surface area contributed by atoms with Gasteiger partial charge in [0.25, 0.3) is 0 Å². The number of nitrogens with one attached hydrogen (secondary N) is 1. The van der Waals surface area contributed by atoms with Crippen molar-refractivity contribution < 1.29 is 22.5 Å². The van der Waals surface area contributed by atoms with Crippen molar-refractivity contribution in [2.45, 2.75) is 56.8 Å². The van der Waals surface area contributed by atoms with Gasteiger partial charge in [-0.15, -0.1) is 0 Å². The second-order valence-electron chi connectivity index (χ2n) is 8.12. The zero-order valence-corrected chi connectivity index (χ0v) is 18.4. The largest absolute Gasteiger partial charge is 0.496 e. The third kappa shape index (κ3) is 4.33. The quantitative estimate of drug-likeness (QED) is 0.726. The summed E-state index contributed by atoms with van der Waals surface area (Å²) in [6, 6.07) is 10.4. The molecule has 1 saturated heterocycles. The van der Waals surface area contributed by atoms with Crippen LogP contribution in [0.5, 0.6) is 5.88 Å². The van der Waals surface area contributed by atoms with Gasteiger partial charge < -0.3 is 14.0 Å². The van der Waals surface area contributed by atoms with E-state index in [-0.39, 0.29) is 10.8 Å². The molecule has 1 aliphatic heterocycles. The lowest BCUT2D eigenvalue weighted by Crippen LogP contribution is -2.41. The molecule has 0 saturated carbocycles. The molecule has 1 unspecified atom stereocenters. The van der Waals surface area contributed by atoms with E-state index >= 15 is 0 Å². The first-order chi connectivity index (χ1) is 13.5. The Morgan fingerprint density at radius 2 is 1.69 bits per heavy atom. The molecule has 1 N–H and O–H groups in total. The van der Waals surface area contributed by atoms with Gasteiger partial charge in [0.2, 0.25) is 15.9 Å². The van der Waals surface area contributed by atoms with Crippen molar-refractivity contribution >= 4 is 22.6 Å². The summed E-state index contributed by atoms with van der Waals surface area (Å²) in [5.74, 6) is 0.0121. The van der Waals surface area contributed by atoms with Crippen LogP contribution in [0.25, 0.3) is 0 Å². The lowest BCUT2D eigenvalue weighted by molar-refractivity contribution is 0.00578. The maximum atomic E-state index is 13.1. The van der Waals surface area contributed by atoms with Crippen molar-refractivity contribution in [3.05, 3.63) is 48.2 Å². The number of sulfonamides is 1. The monoisotopic (exact) mass is 418 g/mol. The summed E-state index contributed by atoms with van der Waals surface area (Å²) in [6.07, 6.45) is 1.51. The number of pyridine rings is 1. The molecular weight excluding hydrogens is 391 g/mol. The van der Waals surface area contributed by atoms with Crippen molar-refractivity contribution in [2.75, 3.05) is 7.11 Å². The number of benzene rings is 1. The average Bonchev–Trinajstić information content (AvgIpc) is 2.89. The fourth-order valence-corrected chi connectivity index (χ4v) is 4.39. The van der Waals surface area contributed by atoms with Crippen molar-refractivity contribution in [3.63, 3.8) is 0 Å². The SMILES string of the molecule is COc1ncc(B2OC(C)(C)C(C)(C)O2)cc1S(=O)(=O)NC(C)c1ccccc1. The predicted molar refractivity (Wildman–Crippen MR) is 112 cm³/mol. The van der Waals surface area contributed by atoms with Gasteiger partial charge in [-0.1, -0.05) is 30.3 Å². The molecule has 29 heavy (non-hydrogen) atoms. The summed E-state index contributed by atoms with van der Waals surface area (Å²) in [4.78, 5) is 4.12. The van der Waals surface area contributed by atoms with Gasteiger partial charge in [0.15, 0.2) is 0 Å². The zero-order valence-electron chi connectivity index (χ0n) is 17.6. The Morgan fingerprint density at radius 1 is 1.10 bits per heavy atom. The number of hydrogen-bond acceptors (Lipinski definition) is 6. The third-order valence-electron chi connectivity index (χ3n) is 5.48. The topological polar surface area (TPSA) is 86.8 Å². The van der Waals surface area contributed by atoms with Crippen LogP contribution in [0.2, 0.25) is 0 Å². The van der Waals surface area contributed by atoms with Crippen LogP contribution in [-0.2, 0) is 19.3 Å². The predicted octanol–water partition coefficient (Wildman–Crippen LogP) is 2.43. The van der Waals surface area contributed by atoms with Gasteiger partial charge in [-0.25, -0.2) is 18.1 Å². The van der Waals surface area contributed by atoms with Crippen molar-refractivity contribution in [1.82, 2.24) is 9.71 Å². The summed E-state index contributed by atoms with van der Waals surface area (Å²) in [5, 5.41) is 0. The van der Waals surface area contributed by atoms with Crippen LogP contribution in [0, 0.1) is 0 Å². The molecule has 2 heterocycles. The molecule has 1 aromatic carbocycles. The van der Waals surface area contributed by atoms with Crippen LogP contribution in [0.15, 0.2) is 47.5 Å². The van der Waals surface area contributed by atoms with E-state index in [1.807, 2.05) is 58.0 Å². The Morgan fingerprint density at radius 3 is 2.24 bits per heavy atom. The number of ether oxygens (including phenoxy) is 1. The number of nitrogens with zero attached hydrogens (tertiary/aromatic N) is 1. The number of hydrogen-bond donors (Lipinski definition) is 1. The first-order valence-electron chi connectivity index (χ1n) is 9.44. The molecule has 0 radical (unpaired) electrons. The molecule has 1 aliphatic rings. The molecule has 9 heteroatoms. The zero-order chi connectivity index (χ0) is 21.4. The standard InChI is InChI=1S/C20H27BN2O5S/c1-14(15-10-8-7-9-11-15)23-29(24,25)17-12-16(13-22-18(17)26-6)21-27-19(2,3)20(4,5)28-21/h7-14,23H,1-6H3. The van der Waals surface area contributed by atoms with E-state index < -0.39 is 34.4 Å². The fraction of sp³-hybridized carbons (Fsp3) is 0.450. The smallest absolute Gasteiger partial charge is 0.480 e. The minimum absolute atomic E-state index is 0.0121. The van der Waals surface area contributed by atoms with E-state index in [0.717, 1.165) is 5.56 Å². The van der Waals surface area contributed by atoms with Crippen molar-refractivity contribution in [3.8, 4) is 5.88 Å². The van der Waals surface area contributed by atoms with Crippen LogP contribution >= 0.6 is 0 Å². The van der Waals surface area contributed by atoms with Crippen LogP contribution in [0.1, 0.15) is 46.2 Å². The molecule has 3 rings (SSSR count). The van der Waals surface area contributed by atoms with Gasteiger partial charge in [-0.3, -0.25) is 0 Å². The minimum Gasteiger partial charge on any atom is -0.480 e. The Kier molecular flexibility index (Phi) is 5.79. The Bertz CT molecular complexity index is 964. The van der Waals surface area contributed by atoms with Gasteiger partial charge in [0, 0.05) is 17.7 Å². The van der Waals surface area contributed by atoms with Gasteiger partial charge in [0.05, 0.1) is 18.3 Å². The van der Waals surface area contributed by atoms with Crippen molar-refractivity contribution in [1.29, 1.82) is 0 Å². The maximum absolute atomic E-state index is 13.1. The summed E-state index contributed by atoms with van der Waals surface area (Å²) in [6.45, 7) is 9.52. The van der Waals surface area contributed by atoms with E-state index in [1.54, 1.807) is 6.92 Å². The summed E-state index contributed by atoms with van der Waals surface area (Å²) < 4.78 is 46.1. The van der Waals surface area contributed by atoms with Crippen LogP contribution in [-0.4, -0.2) is 38.8 Å². The highest BCUT2D eigenvalue weighted by atomic mass is 32.2. The summed E-state index contributed by atoms with van der Waals surface area (Å²) in [5.41, 5.74) is 0.273. The molecule has 0 bridgehead atoms. The molecule has 1 fully saturated rings. The molecule has 2 aromatic rings. The van der Waals surface area contributed by atoms with E-state index in [4.69, 9.17) is 14.0 Å². The number of aromatic nitrogens is 1. The van der Waals surface area contributed by atoms with E-state index in [9.17, 15) is 8.42 Å². The van der Waals surface area contributed by atoms with Crippen LogP contribution in [0.3, 0.4) is 0 Å². The molecular formula is C20H27BN2O5S.